The Morgan fingerprint density at radius 2 is 1.61 bits per heavy atom. The molecule has 0 aliphatic carbocycles. The second kappa shape index (κ2) is 9.83. The molecule has 0 aliphatic heterocycles. The van der Waals surface area contributed by atoms with Gasteiger partial charge in [0.25, 0.3) is 0 Å². The van der Waals surface area contributed by atoms with Gasteiger partial charge in [-0.25, -0.2) is 0 Å². The number of hydrogen-bond acceptors (Lipinski definition) is 1. The third-order valence-corrected chi connectivity index (χ3v) is 4.65. The van der Waals surface area contributed by atoms with Crippen LogP contribution in [0, 0.1) is 11.3 Å². The van der Waals surface area contributed by atoms with Gasteiger partial charge in [-0.3, -0.25) is 0 Å². The first-order chi connectivity index (χ1) is 8.53. The van der Waals surface area contributed by atoms with Gasteiger partial charge in [0.05, 0.1) is 0 Å². The Labute approximate surface area is 116 Å². The maximum atomic E-state index is 3.67. The number of nitrogens with one attached hydrogen (secondary N) is 1. The van der Waals surface area contributed by atoms with Gasteiger partial charge < -0.3 is 5.32 Å². The van der Waals surface area contributed by atoms with Crippen LogP contribution in [-0.4, -0.2) is 12.6 Å². The van der Waals surface area contributed by atoms with Gasteiger partial charge in [0.2, 0.25) is 0 Å². The van der Waals surface area contributed by atoms with E-state index < -0.39 is 0 Å². The smallest absolute Gasteiger partial charge is 0.00106 e. The molecule has 0 saturated heterocycles. The molecule has 18 heavy (non-hydrogen) atoms. The van der Waals surface area contributed by atoms with Crippen LogP contribution in [0.2, 0.25) is 0 Å². The molecule has 0 bridgehead atoms. The van der Waals surface area contributed by atoms with E-state index in [1.807, 2.05) is 0 Å². The van der Waals surface area contributed by atoms with Crippen molar-refractivity contribution in [2.75, 3.05) is 6.54 Å². The Kier molecular flexibility index (Phi) is 9.81. The lowest BCUT2D eigenvalue weighted by atomic mass is 9.73. The quantitative estimate of drug-likeness (QED) is 0.521. The van der Waals surface area contributed by atoms with Gasteiger partial charge in [-0.15, -0.1) is 0 Å². The number of hydrogen-bond donors (Lipinski definition) is 1. The molecular formula is C17H37N. The maximum absolute atomic E-state index is 3.67. The lowest BCUT2D eigenvalue weighted by Gasteiger charge is -2.36. The molecule has 1 heteroatoms. The summed E-state index contributed by atoms with van der Waals surface area (Å²) in [5.74, 6) is 0.929. The highest BCUT2D eigenvalue weighted by Crippen LogP contribution is 2.36. The fraction of sp³-hybridized carbons (Fsp3) is 1.00. The average molecular weight is 255 g/mol. The van der Waals surface area contributed by atoms with E-state index in [0.29, 0.717) is 11.5 Å². The van der Waals surface area contributed by atoms with E-state index in [9.17, 15) is 0 Å². The van der Waals surface area contributed by atoms with E-state index in [2.05, 4.69) is 46.9 Å². The van der Waals surface area contributed by atoms with Crippen LogP contribution in [0.15, 0.2) is 0 Å². The van der Waals surface area contributed by atoms with Crippen molar-refractivity contribution in [3.63, 3.8) is 0 Å². The van der Waals surface area contributed by atoms with Crippen molar-refractivity contribution in [3.8, 4) is 0 Å². The highest BCUT2D eigenvalue weighted by atomic mass is 14.9. The van der Waals surface area contributed by atoms with Gasteiger partial charge in [0, 0.05) is 12.6 Å². The lowest BCUT2D eigenvalue weighted by Crippen LogP contribution is -2.38. The molecule has 1 unspecified atom stereocenters. The van der Waals surface area contributed by atoms with Crippen LogP contribution in [0.5, 0.6) is 0 Å². The molecule has 0 rings (SSSR count). The molecule has 0 spiro atoms. The lowest BCUT2D eigenvalue weighted by molar-refractivity contribution is 0.173. The fourth-order valence-electron chi connectivity index (χ4n) is 2.84. The first kappa shape index (κ1) is 18.0. The van der Waals surface area contributed by atoms with Gasteiger partial charge in [0.15, 0.2) is 0 Å². The van der Waals surface area contributed by atoms with Crippen molar-refractivity contribution in [1.82, 2.24) is 5.32 Å². The van der Waals surface area contributed by atoms with Crippen LogP contribution in [0.1, 0.15) is 86.5 Å². The fourth-order valence-corrected chi connectivity index (χ4v) is 2.84. The summed E-state index contributed by atoms with van der Waals surface area (Å²) in [4.78, 5) is 0. The summed E-state index contributed by atoms with van der Waals surface area (Å²) in [6.07, 6.45) is 9.55. The van der Waals surface area contributed by atoms with E-state index in [0.717, 1.165) is 5.92 Å². The molecule has 0 fully saturated rings. The SMILES string of the molecule is CCCCC(CC)CC(CC)(CC)CNC(C)C. The minimum absolute atomic E-state index is 0.526. The van der Waals surface area contributed by atoms with Crippen molar-refractivity contribution in [2.45, 2.75) is 92.5 Å². The molecule has 0 amide bonds. The Bertz CT molecular complexity index is 182. The van der Waals surface area contributed by atoms with E-state index in [-0.39, 0.29) is 0 Å². The molecule has 110 valence electrons. The molecule has 0 heterocycles. The molecule has 1 nitrogen and oxygen atoms in total. The third kappa shape index (κ3) is 6.78. The van der Waals surface area contributed by atoms with Gasteiger partial charge in [-0.2, -0.15) is 0 Å². The van der Waals surface area contributed by atoms with Crippen LogP contribution in [0.4, 0.5) is 0 Å². The van der Waals surface area contributed by atoms with E-state index >= 15 is 0 Å². The van der Waals surface area contributed by atoms with Gasteiger partial charge in [-0.05, 0) is 30.6 Å². The Morgan fingerprint density at radius 1 is 1.00 bits per heavy atom. The van der Waals surface area contributed by atoms with E-state index in [1.165, 1.54) is 51.5 Å². The average Bonchev–Trinajstić information content (AvgIpc) is 2.38. The molecule has 0 radical (unpaired) electrons. The molecule has 0 aromatic carbocycles. The van der Waals surface area contributed by atoms with Gasteiger partial charge >= 0.3 is 0 Å². The zero-order valence-corrected chi connectivity index (χ0v) is 13.8. The molecule has 1 atom stereocenters. The van der Waals surface area contributed by atoms with Crippen molar-refractivity contribution in [1.29, 1.82) is 0 Å². The van der Waals surface area contributed by atoms with Crippen molar-refractivity contribution in [2.24, 2.45) is 11.3 Å². The predicted molar refractivity (Wildman–Crippen MR) is 84.1 cm³/mol. The summed E-state index contributed by atoms with van der Waals surface area (Å²) in [6.45, 7) is 15.1. The zero-order valence-electron chi connectivity index (χ0n) is 13.8. The minimum atomic E-state index is 0.526. The minimum Gasteiger partial charge on any atom is -0.314 e. The molecular weight excluding hydrogens is 218 g/mol. The highest BCUT2D eigenvalue weighted by molar-refractivity contribution is 4.82. The van der Waals surface area contributed by atoms with Crippen molar-refractivity contribution in [3.05, 3.63) is 0 Å². The molecule has 0 aliphatic rings. The predicted octanol–water partition coefficient (Wildman–Crippen LogP) is 5.40. The van der Waals surface area contributed by atoms with Crippen LogP contribution in [-0.2, 0) is 0 Å². The monoisotopic (exact) mass is 255 g/mol. The summed E-state index contributed by atoms with van der Waals surface area (Å²) in [5, 5.41) is 3.67. The van der Waals surface area contributed by atoms with Crippen LogP contribution in [0.3, 0.4) is 0 Å². The van der Waals surface area contributed by atoms with E-state index in [1.54, 1.807) is 0 Å². The number of rotatable bonds is 11. The van der Waals surface area contributed by atoms with Crippen LogP contribution in [0.25, 0.3) is 0 Å². The number of unbranched alkanes of at least 4 members (excludes halogenated alkanes) is 1. The third-order valence-electron chi connectivity index (χ3n) is 4.65. The van der Waals surface area contributed by atoms with Gasteiger partial charge in [-0.1, -0.05) is 67.2 Å². The van der Waals surface area contributed by atoms with Crippen molar-refractivity contribution < 1.29 is 0 Å². The maximum Gasteiger partial charge on any atom is 0.00106 e. The zero-order chi connectivity index (χ0) is 14.0. The normalized spacial score (nSPS) is 14.2. The summed E-state index contributed by atoms with van der Waals surface area (Å²) in [5.41, 5.74) is 0.526. The molecule has 1 N–H and O–H groups in total. The summed E-state index contributed by atoms with van der Waals surface area (Å²) < 4.78 is 0. The van der Waals surface area contributed by atoms with Gasteiger partial charge in [0.1, 0.15) is 0 Å². The largest absolute Gasteiger partial charge is 0.314 e. The first-order valence-corrected chi connectivity index (χ1v) is 8.26. The first-order valence-electron chi connectivity index (χ1n) is 8.26. The van der Waals surface area contributed by atoms with Crippen LogP contribution >= 0.6 is 0 Å². The Morgan fingerprint density at radius 3 is 2.00 bits per heavy atom. The summed E-state index contributed by atoms with van der Waals surface area (Å²) in [7, 11) is 0. The Hall–Kier alpha value is -0.0400. The topological polar surface area (TPSA) is 12.0 Å². The second-order valence-corrected chi connectivity index (χ2v) is 6.36. The summed E-state index contributed by atoms with van der Waals surface area (Å²) in [6, 6.07) is 0.609. The Balaban J connectivity index is 4.45. The van der Waals surface area contributed by atoms with Crippen LogP contribution < -0.4 is 5.32 Å². The summed E-state index contributed by atoms with van der Waals surface area (Å²) >= 11 is 0. The molecule has 0 saturated carbocycles. The highest BCUT2D eigenvalue weighted by Gasteiger charge is 2.28. The second-order valence-electron chi connectivity index (χ2n) is 6.36. The molecule has 0 aromatic rings. The van der Waals surface area contributed by atoms with E-state index in [4.69, 9.17) is 0 Å². The van der Waals surface area contributed by atoms with Crippen molar-refractivity contribution >= 4 is 0 Å². The molecule has 0 aromatic heterocycles. The standard InChI is InChI=1S/C17H37N/c1-7-11-12-16(8-2)13-17(9-3,10-4)14-18-15(5)6/h15-16,18H,7-14H2,1-6H3.